The smallest absolute Gasteiger partial charge is 0.258 e. The molecule has 1 amide bonds. The lowest BCUT2D eigenvalue weighted by Crippen LogP contribution is -2.42. The van der Waals surface area contributed by atoms with Crippen molar-refractivity contribution in [2.24, 2.45) is 0 Å². The van der Waals surface area contributed by atoms with Crippen molar-refractivity contribution in [3.63, 3.8) is 0 Å². The SMILES string of the molecule is Cc1nn([C@@H]2CCS(=O)(=O)C2)c(C)c1[C@@H]1Nc2ccccc2C(=O)N1Cc1ccco1. The number of furan rings is 1. The van der Waals surface area contributed by atoms with Gasteiger partial charge in [-0.25, -0.2) is 8.42 Å². The van der Waals surface area contributed by atoms with E-state index in [1.807, 2.05) is 48.9 Å². The number of carbonyl (C=O) groups excluding carboxylic acids is 1. The predicted molar refractivity (Wildman–Crippen MR) is 115 cm³/mol. The van der Waals surface area contributed by atoms with Gasteiger partial charge >= 0.3 is 0 Å². The molecular formula is C22H24N4O4S. The number of para-hydroxylation sites is 1. The van der Waals surface area contributed by atoms with Gasteiger partial charge in [0.25, 0.3) is 5.91 Å². The third kappa shape index (κ3) is 3.42. The number of benzene rings is 1. The number of aryl methyl sites for hydroxylation is 1. The molecule has 0 unspecified atom stereocenters. The summed E-state index contributed by atoms with van der Waals surface area (Å²) in [6.45, 7) is 4.15. The number of carbonyl (C=O) groups is 1. The van der Waals surface area contributed by atoms with Crippen LogP contribution in [0.5, 0.6) is 0 Å². The number of sulfone groups is 1. The monoisotopic (exact) mass is 440 g/mol. The maximum Gasteiger partial charge on any atom is 0.258 e. The van der Waals surface area contributed by atoms with Gasteiger partial charge in [0.15, 0.2) is 9.84 Å². The first-order valence-corrected chi connectivity index (χ1v) is 12.1. The van der Waals surface area contributed by atoms with E-state index >= 15 is 0 Å². The molecule has 4 heterocycles. The van der Waals surface area contributed by atoms with Gasteiger partial charge < -0.3 is 14.6 Å². The summed E-state index contributed by atoms with van der Waals surface area (Å²) in [6.07, 6.45) is 1.70. The lowest BCUT2D eigenvalue weighted by molar-refractivity contribution is 0.0650. The third-order valence-corrected chi connectivity index (χ3v) is 7.89. The molecule has 162 valence electrons. The molecule has 31 heavy (non-hydrogen) atoms. The quantitative estimate of drug-likeness (QED) is 0.669. The zero-order valence-corrected chi connectivity index (χ0v) is 18.2. The molecule has 8 nitrogen and oxygen atoms in total. The number of rotatable bonds is 4. The largest absolute Gasteiger partial charge is 0.467 e. The van der Waals surface area contributed by atoms with E-state index in [1.54, 1.807) is 17.2 Å². The summed E-state index contributed by atoms with van der Waals surface area (Å²) in [5.41, 5.74) is 3.90. The van der Waals surface area contributed by atoms with Gasteiger partial charge in [0.05, 0.1) is 41.6 Å². The summed E-state index contributed by atoms with van der Waals surface area (Å²) in [6, 6.07) is 10.9. The summed E-state index contributed by atoms with van der Waals surface area (Å²) in [5.74, 6) is 0.878. The highest BCUT2D eigenvalue weighted by molar-refractivity contribution is 7.91. The van der Waals surface area contributed by atoms with E-state index in [0.29, 0.717) is 24.3 Å². The molecule has 0 spiro atoms. The molecular weight excluding hydrogens is 416 g/mol. The van der Waals surface area contributed by atoms with E-state index in [1.165, 1.54) is 0 Å². The maximum atomic E-state index is 13.4. The molecule has 1 N–H and O–H groups in total. The highest BCUT2D eigenvalue weighted by Crippen LogP contribution is 2.38. The van der Waals surface area contributed by atoms with E-state index in [-0.39, 0.29) is 23.5 Å². The molecule has 2 aliphatic rings. The molecule has 2 aliphatic heterocycles. The summed E-state index contributed by atoms with van der Waals surface area (Å²) < 4.78 is 31.4. The summed E-state index contributed by atoms with van der Waals surface area (Å²) in [7, 11) is -3.04. The Labute approximate surface area is 180 Å². The molecule has 0 bridgehead atoms. The van der Waals surface area contributed by atoms with Crippen LogP contribution in [0.1, 0.15) is 51.7 Å². The van der Waals surface area contributed by atoms with Gasteiger partial charge in [-0.05, 0) is 44.5 Å². The van der Waals surface area contributed by atoms with Crippen LogP contribution in [0.4, 0.5) is 5.69 Å². The molecule has 3 aromatic rings. The number of anilines is 1. The van der Waals surface area contributed by atoms with Crippen LogP contribution < -0.4 is 5.32 Å². The topological polar surface area (TPSA) is 97.4 Å². The van der Waals surface area contributed by atoms with Crippen LogP contribution in [0.25, 0.3) is 0 Å². The minimum Gasteiger partial charge on any atom is -0.467 e. The Hall–Kier alpha value is -3.07. The number of amides is 1. The predicted octanol–water partition coefficient (Wildman–Crippen LogP) is 3.22. The lowest BCUT2D eigenvalue weighted by atomic mass is 10.0. The second-order valence-corrected chi connectivity index (χ2v) is 10.4. The Kier molecular flexibility index (Phi) is 4.65. The minimum absolute atomic E-state index is 0.0919. The van der Waals surface area contributed by atoms with Crippen LogP contribution in [0.2, 0.25) is 0 Å². The molecule has 2 atom stereocenters. The van der Waals surface area contributed by atoms with Crippen molar-refractivity contribution in [2.75, 3.05) is 16.8 Å². The molecule has 1 saturated heterocycles. The number of nitrogens with one attached hydrogen (secondary N) is 1. The second kappa shape index (κ2) is 7.26. The molecule has 0 radical (unpaired) electrons. The summed E-state index contributed by atoms with van der Waals surface area (Å²) >= 11 is 0. The maximum absolute atomic E-state index is 13.4. The first kappa shape index (κ1) is 19.9. The molecule has 1 fully saturated rings. The molecule has 5 rings (SSSR count). The Morgan fingerprint density at radius 1 is 1.19 bits per heavy atom. The zero-order chi connectivity index (χ0) is 21.8. The van der Waals surface area contributed by atoms with E-state index in [9.17, 15) is 13.2 Å². The van der Waals surface area contributed by atoms with Crippen LogP contribution in [-0.2, 0) is 16.4 Å². The highest BCUT2D eigenvalue weighted by Gasteiger charge is 2.38. The second-order valence-electron chi connectivity index (χ2n) is 8.19. The Morgan fingerprint density at radius 2 is 2.00 bits per heavy atom. The Balaban J connectivity index is 1.58. The van der Waals surface area contributed by atoms with Crippen molar-refractivity contribution in [3.8, 4) is 0 Å². The number of fused-ring (bicyclic) bond motifs is 1. The molecule has 1 aromatic carbocycles. The molecule has 0 saturated carbocycles. The summed E-state index contributed by atoms with van der Waals surface area (Å²) in [5, 5.41) is 8.20. The highest BCUT2D eigenvalue weighted by atomic mass is 32.2. The van der Waals surface area contributed by atoms with Crippen LogP contribution in [0, 0.1) is 13.8 Å². The molecule has 0 aliphatic carbocycles. The normalized spacial score (nSPS) is 22.4. The fourth-order valence-corrected chi connectivity index (χ4v) is 6.34. The fraction of sp³-hybridized carbons (Fsp3) is 0.364. The van der Waals surface area contributed by atoms with E-state index in [2.05, 4.69) is 5.32 Å². The van der Waals surface area contributed by atoms with Gasteiger partial charge in [0, 0.05) is 16.9 Å². The van der Waals surface area contributed by atoms with Crippen molar-refractivity contribution >= 4 is 21.4 Å². The van der Waals surface area contributed by atoms with Crippen LogP contribution in [-0.4, -0.2) is 40.5 Å². The first-order chi connectivity index (χ1) is 14.8. The Bertz CT molecular complexity index is 1250. The van der Waals surface area contributed by atoms with Gasteiger partial charge in [-0.3, -0.25) is 9.48 Å². The fourth-order valence-electron chi connectivity index (χ4n) is 4.65. The Morgan fingerprint density at radius 3 is 2.71 bits per heavy atom. The van der Waals surface area contributed by atoms with Crippen molar-refractivity contribution in [2.45, 2.75) is 39.0 Å². The lowest BCUT2D eigenvalue weighted by Gasteiger charge is -2.37. The van der Waals surface area contributed by atoms with Crippen LogP contribution in [0.15, 0.2) is 47.1 Å². The third-order valence-electron chi connectivity index (χ3n) is 6.14. The van der Waals surface area contributed by atoms with E-state index in [0.717, 1.165) is 22.6 Å². The molecule has 9 heteroatoms. The standard InChI is InChI=1S/C22H24N4O4S/c1-14-20(15(2)26(24-14)16-9-11-31(28,29)13-16)21-23-19-8-4-3-7-18(19)22(27)25(21)12-17-6-5-10-30-17/h3-8,10,16,21,23H,9,11-13H2,1-2H3/t16-,21-/m1/s1. The zero-order valence-electron chi connectivity index (χ0n) is 17.4. The van der Waals surface area contributed by atoms with Crippen molar-refractivity contribution in [3.05, 3.63) is 70.9 Å². The van der Waals surface area contributed by atoms with Gasteiger partial charge in [0.1, 0.15) is 11.9 Å². The van der Waals surface area contributed by atoms with Crippen LogP contribution in [0.3, 0.4) is 0 Å². The van der Waals surface area contributed by atoms with Gasteiger partial charge in [-0.1, -0.05) is 12.1 Å². The first-order valence-electron chi connectivity index (χ1n) is 10.3. The number of hydrogen-bond acceptors (Lipinski definition) is 6. The van der Waals surface area contributed by atoms with Crippen LogP contribution >= 0.6 is 0 Å². The van der Waals surface area contributed by atoms with E-state index in [4.69, 9.17) is 9.52 Å². The minimum atomic E-state index is -3.04. The number of aromatic nitrogens is 2. The average molecular weight is 441 g/mol. The van der Waals surface area contributed by atoms with Gasteiger partial charge in [-0.2, -0.15) is 5.10 Å². The van der Waals surface area contributed by atoms with Crippen molar-refractivity contribution in [1.82, 2.24) is 14.7 Å². The number of nitrogens with zero attached hydrogens (tertiary/aromatic N) is 3. The summed E-state index contributed by atoms with van der Waals surface area (Å²) in [4.78, 5) is 15.2. The van der Waals surface area contributed by atoms with E-state index < -0.39 is 16.0 Å². The average Bonchev–Trinajstić information content (AvgIpc) is 3.44. The van der Waals surface area contributed by atoms with Gasteiger partial charge in [0.2, 0.25) is 0 Å². The van der Waals surface area contributed by atoms with Crippen molar-refractivity contribution in [1.29, 1.82) is 0 Å². The van der Waals surface area contributed by atoms with Crippen molar-refractivity contribution < 1.29 is 17.6 Å². The number of hydrogen-bond donors (Lipinski definition) is 1. The molecule has 2 aromatic heterocycles. The van der Waals surface area contributed by atoms with Gasteiger partial charge in [-0.15, -0.1) is 0 Å².